The molecule has 2 rings (SSSR count). The van der Waals surface area contributed by atoms with E-state index in [1.807, 2.05) is 12.4 Å². The summed E-state index contributed by atoms with van der Waals surface area (Å²) in [5, 5.41) is 0. The summed E-state index contributed by atoms with van der Waals surface area (Å²) in [6.45, 7) is 7.13. The lowest BCUT2D eigenvalue weighted by Gasteiger charge is -2.35. The molecule has 0 spiro atoms. The molecule has 2 heteroatoms. The summed E-state index contributed by atoms with van der Waals surface area (Å²) < 4.78 is 0. The van der Waals surface area contributed by atoms with E-state index in [2.05, 4.69) is 35.9 Å². The van der Waals surface area contributed by atoms with Crippen LogP contribution in [0.5, 0.6) is 0 Å². The van der Waals surface area contributed by atoms with Crippen LogP contribution in [0, 0.1) is 5.92 Å². The highest BCUT2D eigenvalue weighted by Crippen LogP contribution is 2.25. The van der Waals surface area contributed by atoms with Gasteiger partial charge >= 0.3 is 0 Å². The second-order valence-corrected chi connectivity index (χ2v) is 4.68. The first kappa shape index (κ1) is 10.6. The Morgan fingerprint density at radius 3 is 2.47 bits per heavy atom. The van der Waals surface area contributed by atoms with Crippen LogP contribution in [0.1, 0.15) is 38.3 Å². The van der Waals surface area contributed by atoms with Crippen molar-refractivity contribution in [2.75, 3.05) is 13.1 Å². The maximum Gasteiger partial charge on any atom is 0.0320 e. The lowest BCUT2D eigenvalue weighted by atomic mass is 9.97. The van der Waals surface area contributed by atoms with Crippen LogP contribution in [0.4, 0.5) is 0 Å². The number of pyridine rings is 1. The quantitative estimate of drug-likeness (QED) is 0.736. The van der Waals surface area contributed by atoms with Crippen LogP contribution < -0.4 is 0 Å². The van der Waals surface area contributed by atoms with Gasteiger partial charge in [0.1, 0.15) is 0 Å². The SMILES string of the molecule is CC1CCN(C(C)c2ccncc2)CC1. The molecule has 1 fully saturated rings. The summed E-state index contributed by atoms with van der Waals surface area (Å²) in [7, 11) is 0. The largest absolute Gasteiger partial charge is 0.297 e. The summed E-state index contributed by atoms with van der Waals surface area (Å²) in [4.78, 5) is 6.65. The van der Waals surface area contributed by atoms with Crippen LogP contribution in [0.25, 0.3) is 0 Å². The Kier molecular flexibility index (Phi) is 3.37. The van der Waals surface area contributed by atoms with Gasteiger partial charge in [0, 0.05) is 18.4 Å². The maximum atomic E-state index is 4.07. The van der Waals surface area contributed by atoms with Crippen LogP contribution in [0.2, 0.25) is 0 Å². The van der Waals surface area contributed by atoms with Crippen LogP contribution >= 0.6 is 0 Å². The van der Waals surface area contributed by atoms with Gasteiger partial charge in [-0.1, -0.05) is 6.92 Å². The molecule has 15 heavy (non-hydrogen) atoms. The molecule has 1 unspecified atom stereocenters. The van der Waals surface area contributed by atoms with Gasteiger partial charge in [0.15, 0.2) is 0 Å². The molecule has 0 aliphatic carbocycles. The fourth-order valence-corrected chi connectivity index (χ4v) is 2.27. The van der Waals surface area contributed by atoms with Crippen LogP contribution in [0.15, 0.2) is 24.5 Å². The standard InChI is InChI=1S/C13H20N2/c1-11-5-9-15(10-6-11)12(2)13-3-7-14-8-4-13/h3-4,7-8,11-12H,5-6,9-10H2,1-2H3. The molecule has 1 aromatic heterocycles. The Labute approximate surface area is 92.3 Å². The minimum Gasteiger partial charge on any atom is -0.297 e. The number of piperidine rings is 1. The van der Waals surface area contributed by atoms with E-state index in [1.165, 1.54) is 31.5 Å². The Morgan fingerprint density at radius 2 is 1.87 bits per heavy atom. The molecule has 1 aliphatic rings. The Bertz CT molecular complexity index is 289. The van der Waals surface area contributed by atoms with Crippen molar-refractivity contribution >= 4 is 0 Å². The van der Waals surface area contributed by atoms with Crippen LogP contribution in [0.3, 0.4) is 0 Å². The van der Waals surface area contributed by atoms with Crippen molar-refractivity contribution in [2.24, 2.45) is 5.92 Å². The predicted octanol–water partition coefficient (Wildman–Crippen LogP) is 2.87. The van der Waals surface area contributed by atoms with Gasteiger partial charge in [0.25, 0.3) is 0 Å². The number of hydrogen-bond acceptors (Lipinski definition) is 2. The predicted molar refractivity (Wildman–Crippen MR) is 62.6 cm³/mol. The molecule has 0 bridgehead atoms. The van der Waals surface area contributed by atoms with Crippen molar-refractivity contribution in [1.29, 1.82) is 0 Å². The molecule has 2 nitrogen and oxygen atoms in total. The van der Waals surface area contributed by atoms with Crippen molar-refractivity contribution < 1.29 is 0 Å². The Hall–Kier alpha value is -0.890. The zero-order valence-electron chi connectivity index (χ0n) is 9.69. The Morgan fingerprint density at radius 1 is 1.27 bits per heavy atom. The van der Waals surface area contributed by atoms with E-state index in [9.17, 15) is 0 Å². The average molecular weight is 204 g/mol. The lowest BCUT2D eigenvalue weighted by Crippen LogP contribution is -2.34. The summed E-state index contributed by atoms with van der Waals surface area (Å²) in [5.41, 5.74) is 1.39. The van der Waals surface area contributed by atoms with Crippen molar-refractivity contribution in [3.05, 3.63) is 30.1 Å². The van der Waals surface area contributed by atoms with E-state index in [0.29, 0.717) is 6.04 Å². The molecule has 2 heterocycles. The monoisotopic (exact) mass is 204 g/mol. The number of rotatable bonds is 2. The molecular formula is C13H20N2. The highest BCUT2D eigenvalue weighted by Gasteiger charge is 2.20. The Balaban J connectivity index is 1.99. The fourth-order valence-electron chi connectivity index (χ4n) is 2.27. The summed E-state index contributed by atoms with van der Waals surface area (Å²) in [6, 6.07) is 4.80. The van der Waals surface area contributed by atoms with E-state index in [1.54, 1.807) is 0 Å². The third-order valence-electron chi connectivity index (χ3n) is 3.55. The number of aromatic nitrogens is 1. The van der Waals surface area contributed by atoms with Crippen molar-refractivity contribution in [2.45, 2.75) is 32.7 Å². The van der Waals surface area contributed by atoms with E-state index in [4.69, 9.17) is 0 Å². The highest BCUT2D eigenvalue weighted by molar-refractivity contribution is 5.14. The molecule has 0 amide bonds. The van der Waals surface area contributed by atoms with E-state index >= 15 is 0 Å². The molecule has 82 valence electrons. The average Bonchev–Trinajstić information content (AvgIpc) is 2.30. The van der Waals surface area contributed by atoms with Gasteiger partial charge in [-0.3, -0.25) is 9.88 Å². The van der Waals surface area contributed by atoms with Gasteiger partial charge in [-0.05, 0) is 56.5 Å². The zero-order chi connectivity index (χ0) is 10.7. The first-order valence-electron chi connectivity index (χ1n) is 5.91. The second-order valence-electron chi connectivity index (χ2n) is 4.68. The summed E-state index contributed by atoms with van der Waals surface area (Å²) in [5.74, 6) is 0.908. The maximum absolute atomic E-state index is 4.07. The molecule has 0 N–H and O–H groups in total. The number of likely N-dealkylation sites (tertiary alicyclic amines) is 1. The molecular weight excluding hydrogens is 184 g/mol. The molecule has 1 atom stereocenters. The van der Waals surface area contributed by atoms with Gasteiger partial charge in [0.05, 0.1) is 0 Å². The van der Waals surface area contributed by atoms with Gasteiger partial charge in [-0.25, -0.2) is 0 Å². The smallest absolute Gasteiger partial charge is 0.0320 e. The van der Waals surface area contributed by atoms with Crippen LogP contribution in [-0.4, -0.2) is 23.0 Å². The molecule has 1 saturated heterocycles. The second kappa shape index (κ2) is 4.75. The van der Waals surface area contributed by atoms with Crippen molar-refractivity contribution in [1.82, 2.24) is 9.88 Å². The van der Waals surface area contributed by atoms with Gasteiger partial charge in [-0.15, -0.1) is 0 Å². The van der Waals surface area contributed by atoms with Gasteiger partial charge in [-0.2, -0.15) is 0 Å². The number of hydrogen-bond donors (Lipinski definition) is 0. The molecule has 0 radical (unpaired) electrons. The first-order valence-corrected chi connectivity index (χ1v) is 5.91. The fraction of sp³-hybridized carbons (Fsp3) is 0.615. The summed E-state index contributed by atoms with van der Waals surface area (Å²) in [6.07, 6.45) is 6.46. The van der Waals surface area contributed by atoms with Crippen molar-refractivity contribution in [3.8, 4) is 0 Å². The molecule has 1 aromatic rings. The van der Waals surface area contributed by atoms with Gasteiger partial charge < -0.3 is 0 Å². The van der Waals surface area contributed by atoms with Gasteiger partial charge in [0.2, 0.25) is 0 Å². The first-order chi connectivity index (χ1) is 7.27. The topological polar surface area (TPSA) is 16.1 Å². The lowest BCUT2D eigenvalue weighted by molar-refractivity contribution is 0.147. The van der Waals surface area contributed by atoms with E-state index in [-0.39, 0.29) is 0 Å². The zero-order valence-corrected chi connectivity index (χ0v) is 9.69. The minimum atomic E-state index is 0.542. The number of nitrogens with zero attached hydrogens (tertiary/aromatic N) is 2. The van der Waals surface area contributed by atoms with E-state index in [0.717, 1.165) is 5.92 Å². The third kappa shape index (κ3) is 2.57. The highest BCUT2D eigenvalue weighted by atomic mass is 15.2. The van der Waals surface area contributed by atoms with Crippen molar-refractivity contribution in [3.63, 3.8) is 0 Å². The molecule has 0 aromatic carbocycles. The molecule has 0 saturated carbocycles. The molecule has 1 aliphatic heterocycles. The van der Waals surface area contributed by atoms with Crippen LogP contribution in [-0.2, 0) is 0 Å². The minimum absolute atomic E-state index is 0.542. The third-order valence-corrected chi connectivity index (χ3v) is 3.55. The van der Waals surface area contributed by atoms with E-state index < -0.39 is 0 Å². The normalized spacial score (nSPS) is 21.5. The summed E-state index contributed by atoms with van der Waals surface area (Å²) >= 11 is 0.